The van der Waals surface area contributed by atoms with E-state index in [9.17, 15) is 0 Å². The van der Waals surface area contributed by atoms with Crippen LogP contribution in [0.15, 0.2) is 30.5 Å². The molecule has 4 rings (SSSR count). The van der Waals surface area contributed by atoms with Crippen molar-refractivity contribution < 1.29 is 9.47 Å². The topological polar surface area (TPSA) is 59.5 Å². The Labute approximate surface area is 141 Å². The molecule has 0 spiro atoms. The van der Waals surface area contributed by atoms with Gasteiger partial charge in [-0.25, -0.2) is 4.98 Å². The number of aromatic nitrogens is 2. The Bertz CT molecular complexity index is 722. The zero-order valence-corrected chi connectivity index (χ0v) is 13.9. The molecule has 1 aromatic heterocycles. The lowest BCUT2D eigenvalue weighted by Gasteiger charge is -2.36. The second-order valence-corrected chi connectivity index (χ2v) is 6.18. The van der Waals surface area contributed by atoms with Crippen LogP contribution < -0.4 is 19.7 Å². The van der Waals surface area contributed by atoms with Crippen LogP contribution in [0.5, 0.6) is 11.5 Å². The average Bonchev–Trinajstić information content (AvgIpc) is 3.10. The number of nitrogens with one attached hydrogen (secondary N) is 1. The van der Waals surface area contributed by atoms with Crippen LogP contribution in [0.3, 0.4) is 0 Å². The van der Waals surface area contributed by atoms with Crippen LogP contribution >= 0.6 is 0 Å². The molecular formula is C18H22N4O2. The number of nitrogens with zero attached hydrogens (tertiary/aromatic N) is 3. The SMILES string of the molecule is CCC1CCCCN1c1ccnc(Nc2ccc3c(c2)OCO3)n1. The fourth-order valence-electron chi connectivity index (χ4n) is 3.40. The van der Waals surface area contributed by atoms with Crippen molar-refractivity contribution in [3.63, 3.8) is 0 Å². The minimum absolute atomic E-state index is 0.276. The molecule has 0 saturated carbocycles. The van der Waals surface area contributed by atoms with Gasteiger partial charge in [-0.15, -0.1) is 0 Å². The maximum atomic E-state index is 5.41. The summed E-state index contributed by atoms with van der Waals surface area (Å²) in [5.41, 5.74) is 0.891. The van der Waals surface area contributed by atoms with Crippen LogP contribution in [-0.4, -0.2) is 29.3 Å². The van der Waals surface area contributed by atoms with Crippen molar-refractivity contribution in [3.8, 4) is 11.5 Å². The minimum atomic E-state index is 0.276. The van der Waals surface area contributed by atoms with Crippen LogP contribution in [0.25, 0.3) is 0 Å². The van der Waals surface area contributed by atoms with Crippen molar-refractivity contribution in [3.05, 3.63) is 30.5 Å². The van der Waals surface area contributed by atoms with E-state index in [0.717, 1.165) is 36.0 Å². The number of rotatable bonds is 4. The summed E-state index contributed by atoms with van der Waals surface area (Å²) < 4.78 is 10.8. The van der Waals surface area contributed by atoms with Crippen LogP contribution in [-0.2, 0) is 0 Å². The van der Waals surface area contributed by atoms with Gasteiger partial charge in [0.2, 0.25) is 12.7 Å². The fourth-order valence-corrected chi connectivity index (χ4v) is 3.40. The summed E-state index contributed by atoms with van der Waals surface area (Å²) in [4.78, 5) is 11.5. The van der Waals surface area contributed by atoms with Crippen molar-refractivity contribution in [2.75, 3.05) is 23.6 Å². The zero-order chi connectivity index (χ0) is 16.4. The second-order valence-electron chi connectivity index (χ2n) is 6.18. The summed E-state index contributed by atoms with van der Waals surface area (Å²) in [5.74, 6) is 3.12. The van der Waals surface area contributed by atoms with Gasteiger partial charge in [0.05, 0.1) is 0 Å². The normalized spacial score (nSPS) is 19.4. The number of hydrogen-bond donors (Lipinski definition) is 1. The van der Waals surface area contributed by atoms with Gasteiger partial charge < -0.3 is 19.7 Å². The molecule has 6 heteroatoms. The average molecular weight is 326 g/mol. The zero-order valence-electron chi connectivity index (χ0n) is 13.9. The van der Waals surface area contributed by atoms with Crippen LogP contribution in [0.1, 0.15) is 32.6 Å². The highest BCUT2D eigenvalue weighted by atomic mass is 16.7. The number of piperidine rings is 1. The van der Waals surface area contributed by atoms with Crippen LogP contribution in [0, 0.1) is 0 Å². The van der Waals surface area contributed by atoms with Gasteiger partial charge in [-0.1, -0.05) is 6.92 Å². The van der Waals surface area contributed by atoms with E-state index in [-0.39, 0.29) is 6.79 Å². The minimum Gasteiger partial charge on any atom is -0.454 e. The van der Waals surface area contributed by atoms with Gasteiger partial charge >= 0.3 is 0 Å². The summed E-state index contributed by atoms with van der Waals surface area (Å²) in [6, 6.07) is 8.32. The maximum Gasteiger partial charge on any atom is 0.231 e. The Balaban J connectivity index is 1.54. The van der Waals surface area contributed by atoms with Gasteiger partial charge in [0, 0.05) is 30.5 Å². The Morgan fingerprint density at radius 1 is 1.21 bits per heavy atom. The smallest absolute Gasteiger partial charge is 0.231 e. The van der Waals surface area contributed by atoms with Crippen molar-refractivity contribution in [1.82, 2.24) is 9.97 Å². The predicted octanol–water partition coefficient (Wildman–Crippen LogP) is 3.72. The molecule has 0 radical (unpaired) electrons. The van der Waals surface area contributed by atoms with E-state index in [1.54, 1.807) is 0 Å². The van der Waals surface area contributed by atoms with E-state index in [0.29, 0.717) is 12.0 Å². The Hall–Kier alpha value is -2.50. The molecule has 6 nitrogen and oxygen atoms in total. The number of fused-ring (bicyclic) bond motifs is 1. The third kappa shape index (κ3) is 2.96. The first kappa shape index (κ1) is 15.1. The number of hydrogen-bond acceptors (Lipinski definition) is 6. The first-order valence-corrected chi connectivity index (χ1v) is 8.60. The van der Waals surface area contributed by atoms with E-state index in [1.807, 2.05) is 30.5 Å². The quantitative estimate of drug-likeness (QED) is 0.924. The first-order chi connectivity index (χ1) is 11.8. The predicted molar refractivity (Wildman–Crippen MR) is 93.2 cm³/mol. The van der Waals surface area contributed by atoms with Gasteiger partial charge in [0.25, 0.3) is 0 Å². The Morgan fingerprint density at radius 3 is 3.04 bits per heavy atom. The molecule has 24 heavy (non-hydrogen) atoms. The monoisotopic (exact) mass is 326 g/mol. The third-order valence-electron chi connectivity index (χ3n) is 4.66. The standard InChI is InChI=1S/C18H22N4O2/c1-2-14-5-3-4-10-22(14)17-8-9-19-18(21-17)20-13-6-7-15-16(11-13)24-12-23-15/h6-9,11,14H,2-5,10,12H2,1H3,(H,19,20,21). The molecule has 0 aliphatic carbocycles. The van der Waals surface area contributed by atoms with E-state index in [1.165, 1.54) is 19.3 Å². The lowest BCUT2D eigenvalue weighted by Crippen LogP contribution is -2.39. The van der Waals surface area contributed by atoms with E-state index >= 15 is 0 Å². The number of anilines is 3. The van der Waals surface area contributed by atoms with Gasteiger partial charge in [-0.3, -0.25) is 0 Å². The van der Waals surface area contributed by atoms with Crippen molar-refractivity contribution in [1.29, 1.82) is 0 Å². The molecule has 1 fully saturated rings. The molecule has 0 amide bonds. The highest BCUT2D eigenvalue weighted by Gasteiger charge is 2.22. The van der Waals surface area contributed by atoms with E-state index < -0.39 is 0 Å². The summed E-state index contributed by atoms with van der Waals surface area (Å²) in [6.45, 7) is 3.59. The molecule has 0 bridgehead atoms. The summed E-state index contributed by atoms with van der Waals surface area (Å²) >= 11 is 0. The third-order valence-corrected chi connectivity index (χ3v) is 4.66. The van der Waals surface area contributed by atoms with Crippen molar-refractivity contribution in [2.45, 2.75) is 38.6 Å². The number of ether oxygens (including phenoxy) is 2. The highest BCUT2D eigenvalue weighted by molar-refractivity contribution is 5.61. The number of benzene rings is 1. The molecule has 3 heterocycles. The van der Waals surface area contributed by atoms with Gasteiger partial charge in [0.1, 0.15) is 5.82 Å². The second kappa shape index (κ2) is 6.55. The molecule has 126 valence electrons. The molecule has 2 aromatic rings. The van der Waals surface area contributed by atoms with Crippen LogP contribution in [0.2, 0.25) is 0 Å². The lowest BCUT2D eigenvalue weighted by atomic mass is 10.0. The molecular weight excluding hydrogens is 304 g/mol. The fraction of sp³-hybridized carbons (Fsp3) is 0.444. The van der Waals surface area contributed by atoms with Crippen molar-refractivity contribution in [2.24, 2.45) is 0 Å². The summed E-state index contributed by atoms with van der Waals surface area (Å²) in [7, 11) is 0. The first-order valence-electron chi connectivity index (χ1n) is 8.60. The molecule has 1 aromatic carbocycles. The lowest BCUT2D eigenvalue weighted by molar-refractivity contribution is 0.174. The molecule has 1 saturated heterocycles. The molecule has 1 N–H and O–H groups in total. The highest BCUT2D eigenvalue weighted by Crippen LogP contribution is 2.35. The molecule has 2 aliphatic rings. The maximum absolute atomic E-state index is 5.41. The molecule has 1 atom stereocenters. The van der Waals surface area contributed by atoms with E-state index in [4.69, 9.17) is 14.5 Å². The van der Waals surface area contributed by atoms with Gasteiger partial charge in [-0.2, -0.15) is 4.98 Å². The molecule has 2 aliphatic heterocycles. The van der Waals surface area contributed by atoms with Gasteiger partial charge in [-0.05, 0) is 43.9 Å². The summed E-state index contributed by atoms with van der Waals surface area (Å²) in [5, 5.41) is 3.26. The Morgan fingerprint density at radius 2 is 2.12 bits per heavy atom. The molecule has 1 unspecified atom stereocenters. The largest absolute Gasteiger partial charge is 0.454 e. The van der Waals surface area contributed by atoms with Crippen molar-refractivity contribution >= 4 is 17.5 Å². The summed E-state index contributed by atoms with van der Waals surface area (Å²) in [6.07, 6.45) is 6.74. The van der Waals surface area contributed by atoms with E-state index in [2.05, 4.69) is 22.1 Å². The Kier molecular flexibility index (Phi) is 4.11. The van der Waals surface area contributed by atoms with Gasteiger partial charge in [0.15, 0.2) is 11.5 Å². The van der Waals surface area contributed by atoms with Crippen LogP contribution in [0.4, 0.5) is 17.5 Å².